The Bertz CT molecular complexity index is 775. The fourth-order valence-electron chi connectivity index (χ4n) is 1.96. The zero-order chi connectivity index (χ0) is 14.8. The Morgan fingerprint density at radius 2 is 1.95 bits per heavy atom. The van der Waals surface area contributed by atoms with Crippen molar-refractivity contribution in [1.82, 2.24) is 9.55 Å². The second-order valence-corrected chi connectivity index (χ2v) is 5.70. The molecular weight excluding hydrogens is 282 g/mol. The van der Waals surface area contributed by atoms with E-state index < -0.39 is 0 Å². The molecular formula is C16H15N3OS. The quantitative estimate of drug-likeness (QED) is 0.799. The van der Waals surface area contributed by atoms with Crippen molar-refractivity contribution in [3.05, 3.63) is 64.9 Å². The number of aromatic nitrogens is 2. The van der Waals surface area contributed by atoms with Gasteiger partial charge in [-0.05, 0) is 49.2 Å². The number of amides is 1. The molecule has 2 heterocycles. The summed E-state index contributed by atoms with van der Waals surface area (Å²) >= 11 is 1.44. The number of rotatable bonds is 3. The smallest absolute Gasteiger partial charge is 0.275 e. The number of thiazole rings is 1. The first kappa shape index (κ1) is 13.6. The summed E-state index contributed by atoms with van der Waals surface area (Å²) < 4.78 is 1.89. The lowest BCUT2D eigenvalue weighted by Crippen LogP contribution is -2.12. The maximum Gasteiger partial charge on any atom is 0.275 e. The molecule has 2 aromatic heterocycles. The lowest BCUT2D eigenvalue weighted by atomic mass is 10.1. The van der Waals surface area contributed by atoms with Crippen molar-refractivity contribution < 1.29 is 4.79 Å². The van der Waals surface area contributed by atoms with Crippen molar-refractivity contribution in [2.45, 2.75) is 13.8 Å². The normalized spacial score (nSPS) is 10.6. The molecule has 3 rings (SSSR count). The number of hydrogen-bond acceptors (Lipinski definition) is 3. The number of nitrogens with one attached hydrogen (secondary N) is 1. The van der Waals surface area contributed by atoms with E-state index >= 15 is 0 Å². The van der Waals surface area contributed by atoms with Gasteiger partial charge in [-0.2, -0.15) is 0 Å². The highest BCUT2D eigenvalue weighted by atomic mass is 32.1. The van der Waals surface area contributed by atoms with E-state index in [0.29, 0.717) is 5.69 Å². The highest BCUT2D eigenvalue weighted by molar-refractivity contribution is 7.12. The van der Waals surface area contributed by atoms with E-state index in [1.165, 1.54) is 16.9 Å². The van der Waals surface area contributed by atoms with E-state index in [4.69, 9.17) is 0 Å². The van der Waals surface area contributed by atoms with Gasteiger partial charge >= 0.3 is 0 Å². The molecule has 0 spiro atoms. The lowest BCUT2D eigenvalue weighted by Gasteiger charge is -2.06. The molecule has 0 saturated carbocycles. The zero-order valence-corrected chi connectivity index (χ0v) is 12.6. The van der Waals surface area contributed by atoms with E-state index in [-0.39, 0.29) is 5.91 Å². The van der Waals surface area contributed by atoms with Crippen LogP contribution >= 0.6 is 11.3 Å². The van der Waals surface area contributed by atoms with Gasteiger partial charge in [-0.1, -0.05) is 6.07 Å². The van der Waals surface area contributed by atoms with Crippen LogP contribution in [0.25, 0.3) is 5.13 Å². The Labute approximate surface area is 127 Å². The van der Waals surface area contributed by atoms with Crippen molar-refractivity contribution >= 4 is 22.9 Å². The molecule has 1 N–H and O–H groups in total. The summed E-state index contributed by atoms with van der Waals surface area (Å²) in [6.45, 7) is 4.07. The maximum atomic E-state index is 12.2. The number of nitrogens with zero attached hydrogens (tertiary/aromatic N) is 2. The molecule has 21 heavy (non-hydrogen) atoms. The Morgan fingerprint density at radius 3 is 2.67 bits per heavy atom. The monoisotopic (exact) mass is 297 g/mol. The standard InChI is InChI=1S/C16H15N3OS/c1-11-5-6-13(9-12(11)2)17-15(20)14-10-21-16(18-14)19-7-3-4-8-19/h3-10H,1-2H3,(H,17,20). The Kier molecular flexibility index (Phi) is 3.58. The van der Waals surface area contributed by atoms with Gasteiger partial charge in [0.1, 0.15) is 5.69 Å². The highest BCUT2D eigenvalue weighted by Crippen LogP contribution is 2.18. The number of anilines is 1. The van der Waals surface area contributed by atoms with Crippen molar-refractivity contribution in [2.24, 2.45) is 0 Å². The van der Waals surface area contributed by atoms with Crippen molar-refractivity contribution in [3.63, 3.8) is 0 Å². The molecule has 0 aliphatic carbocycles. The second-order valence-electron chi connectivity index (χ2n) is 4.86. The summed E-state index contributed by atoms with van der Waals surface area (Å²) in [6, 6.07) is 9.72. The third kappa shape index (κ3) is 2.87. The molecule has 0 aliphatic rings. The summed E-state index contributed by atoms with van der Waals surface area (Å²) in [6.07, 6.45) is 3.81. The van der Waals surface area contributed by atoms with Crippen molar-refractivity contribution in [2.75, 3.05) is 5.32 Å². The van der Waals surface area contributed by atoms with Crippen LogP contribution in [-0.4, -0.2) is 15.5 Å². The topological polar surface area (TPSA) is 46.9 Å². The van der Waals surface area contributed by atoms with Gasteiger partial charge in [0.2, 0.25) is 0 Å². The van der Waals surface area contributed by atoms with Gasteiger partial charge in [-0.25, -0.2) is 4.98 Å². The molecule has 3 aromatic rings. The minimum Gasteiger partial charge on any atom is -0.321 e. The number of aryl methyl sites for hydroxylation is 2. The van der Waals surface area contributed by atoms with Crippen LogP contribution in [-0.2, 0) is 0 Å². The van der Waals surface area contributed by atoms with Crippen LogP contribution in [0.4, 0.5) is 5.69 Å². The van der Waals surface area contributed by atoms with Gasteiger partial charge in [-0.15, -0.1) is 11.3 Å². The third-order valence-electron chi connectivity index (χ3n) is 3.31. The predicted molar refractivity (Wildman–Crippen MR) is 85.3 cm³/mol. The third-order valence-corrected chi connectivity index (χ3v) is 4.17. The van der Waals surface area contributed by atoms with Crippen LogP contribution in [0.5, 0.6) is 0 Å². The first-order valence-electron chi connectivity index (χ1n) is 6.61. The van der Waals surface area contributed by atoms with E-state index in [0.717, 1.165) is 16.4 Å². The average Bonchev–Trinajstić information content (AvgIpc) is 3.12. The first-order chi connectivity index (χ1) is 10.1. The summed E-state index contributed by atoms with van der Waals surface area (Å²) in [5.74, 6) is -0.187. The lowest BCUT2D eigenvalue weighted by molar-refractivity contribution is 0.102. The average molecular weight is 297 g/mol. The van der Waals surface area contributed by atoms with Crippen LogP contribution in [0.2, 0.25) is 0 Å². The molecule has 0 bridgehead atoms. The number of benzene rings is 1. The van der Waals surface area contributed by atoms with E-state index in [1.807, 2.05) is 61.1 Å². The number of hydrogen-bond donors (Lipinski definition) is 1. The van der Waals surface area contributed by atoms with Crippen LogP contribution in [0.15, 0.2) is 48.1 Å². The molecule has 106 valence electrons. The zero-order valence-electron chi connectivity index (χ0n) is 11.8. The van der Waals surface area contributed by atoms with Crippen molar-refractivity contribution in [1.29, 1.82) is 0 Å². The van der Waals surface area contributed by atoms with Gasteiger partial charge in [0.05, 0.1) is 0 Å². The van der Waals surface area contributed by atoms with Crippen LogP contribution < -0.4 is 5.32 Å². The molecule has 0 fully saturated rings. The van der Waals surface area contributed by atoms with Crippen LogP contribution in [0.1, 0.15) is 21.6 Å². The second kappa shape index (κ2) is 5.54. The highest BCUT2D eigenvalue weighted by Gasteiger charge is 2.12. The number of carbonyl (C=O) groups is 1. The van der Waals surface area contributed by atoms with E-state index in [2.05, 4.69) is 10.3 Å². The predicted octanol–water partition coefficient (Wildman–Crippen LogP) is 3.80. The fourth-order valence-corrected chi connectivity index (χ4v) is 2.73. The molecule has 4 nitrogen and oxygen atoms in total. The van der Waals surface area contributed by atoms with Gasteiger partial charge in [0.25, 0.3) is 5.91 Å². The minimum atomic E-state index is -0.187. The molecule has 1 aromatic carbocycles. The summed E-state index contributed by atoms with van der Waals surface area (Å²) in [4.78, 5) is 16.6. The SMILES string of the molecule is Cc1ccc(NC(=O)c2csc(-n3cccc3)n2)cc1C. The maximum absolute atomic E-state index is 12.2. The number of carbonyl (C=O) groups excluding carboxylic acids is 1. The molecule has 0 atom stereocenters. The molecule has 0 unspecified atom stereocenters. The summed E-state index contributed by atoms with van der Waals surface area (Å²) in [5, 5.41) is 5.43. The molecule has 0 saturated heterocycles. The first-order valence-corrected chi connectivity index (χ1v) is 7.49. The molecule has 1 amide bonds. The summed E-state index contributed by atoms with van der Waals surface area (Å²) in [5.41, 5.74) is 3.58. The van der Waals surface area contributed by atoms with Gasteiger partial charge in [0.15, 0.2) is 5.13 Å². The van der Waals surface area contributed by atoms with Crippen LogP contribution in [0.3, 0.4) is 0 Å². The minimum absolute atomic E-state index is 0.187. The molecule has 0 aliphatic heterocycles. The van der Waals surface area contributed by atoms with Crippen LogP contribution in [0, 0.1) is 13.8 Å². The fraction of sp³-hybridized carbons (Fsp3) is 0.125. The Hall–Kier alpha value is -2.40. The summed E-state index contributed by atoms with van der Waals surface area (Å²) in [7, 11) is 0. The van der Waals surface area contributed by atoms with Gasteiger partial charge in [-0.3, -0.25) is 4.79 Å². The van der Waals surface area contributed by atoms with Crippen molar-refractivity contribution in [3.8, 4) is 5.13 Å². The van der Waals surface area contributed by atoms with Gasteiger partial charge in [0, 0.05) is 23.5 Å². The Balaban J connectivity index is 1.78. The molecule has 5 heteroatoms. The van der Waals surface area contributed by atoms with E-state index in [9.17, 15) is 4.79 Å². The van der Waals surface area contributed by atoms with Gasteiger partial charge < -0.3 is 9.88 Å². The van der Waals surface area contributed by atoms with E-state index in [1.54, 1.807) is 5.38 Å². The molecule has 0 radical (unpaired) electrons. The largest absolute Gasteiger partial charge is 0.321 e. The Morgan fingerprint density at radius 1 is 1.19 bits per heavy atom.